The SMILES string of the molecule is CN(C)C(=O)CN1CCN(S(=O)(=O)c2ccc3c(c2)CCC3)CC1. The molecule has 0 radical (unpaired) electrons. The molecule has 0 unspecified atom stereocenters. The lowest BCUT2D eigenvalue weighted by molar-refractivity contribution is -0.130. The molecule has 3 rings (SSSR count). The molecule has 1 aromatic carbocycles. The fourth-order valence-electron chi connectivity index (χ4n) is 3.32. The Morgan fingerprint density at radius 3 is 2.42 bits per heavy atom. The first-order valence-electron chi connectivity index (χ1n) is 8.42. The van der Waals surface area contributed by atoms with Crippen LogP contribution in [0, 0.1) is 0 Å². The zero-order valence-electron chi connectivity index (χ0n) is 14.4. The minimum absolute atomic E-state index is 0.0462. The van der Waals surface area contributed by atoms with Crippen LogP contribution in [0.1, 0.15) is 17.5 Å². The highest BCUT2D eigenvalue weighted by Gasteiger charge is 2.30. The highest BCUT2D eigenvalue weighted by Crippen LogP contribution is 2.26. The third kappa shape index (κ3) is 3.48. The molecule has 0 bridgehead atoms. The van der Waals surface area contributed by atoms with E-state index in [1.165, 1.54) is 11.1 Å². The number of aryl methyl sites for hydroxylation is 2. The quantitative estimate of drug-likeness (QED) is 0.796. The molecule has 132 valence electrons. The second-order valence-corrected chi connectivity index (χ2v) is 8.69. The largest absolute Gasteiger partial charge is 0.348 e. The van der Waals surface area contributed by atoms with Crippen LogP contribution in [0.15, 0.2) is 23.1 Å². The smallest absolute Gasteiger partial charge is 0.243 e. The van der Waals surface area contributed by atoms with Crippen molar-refractivity contribution in [1.82, 2.24) is 14.1 Å². The standard InChI is InChI=1S/C17H25N3O3S/c1-18(2)17(21)13-19-8-10-20(11-9-19)24(22,23)16-7-6-14-4-3-5-15(14)12-16/h6-7,12H,3-5,8-11,13H2,1-2H3. The summed E-state index contributed by atoms with van der Waals surface area (Å²) in [6.45, 7) is 2.38. The van der Waals surface area contributed by atoms with Crippen LogP contribution < -0.4 is 0 Å². The number of carbonyl (C=O) groups excluding carboxylic acids is 1. The van der Waals surface area contributed by atoms with Gasteiger partial charge in [0.15, 0.2) is 0 Å². The molecule has 0 N–H and O–H groups in total. The third-order valence-electron chi connectivity index (χ3n) is 4.90. The van der Waals surface area contributed by atoms with E-state index in [0.717, 1.165) is 19.3 Å². The van der Waals surface area contributed by atoms with Gasteiger partial charge in [0.05, 0.1) is 11.4 Å². The fraction of sp³-hybridized carbons (Fsp3) is 0.588. The van der Waals surface area contributed by atoms with Crippen molar-refractivity contribution in [1.29, 1.82) is 0 Å². The van der Waals surface area contributed by atoms with Crippen LogP contribution in [-0.2, 0) is 27.7 Å². The predicted octanol–water partition coefficient (Wildman–Crippen LogP) is 0.570. The molecule has 0 atom stereocenters. The number of sulfonamides is 1. The van der Waals surface area contributed by atoms with E-state index in [1.54, 1.807) is 29.4 Å². The predicted molar refractivity (Wildman–Crippen MR) is 92.4 cm³/mol. The summed E-state index contributed by atoms with van der Waals surface area (Å²) >= 11 is 0. The Kier molecular flexibility index (Phi) is 4.94. The number of amides is 1. The summed E-state index contributed by atoms with van der Waals surface area (Å²) < 4.78 is 27.3. The van der Waals surface area contributed by atoms with Gasteiger partial charge < -0.3 is 4.90 Å². The molecular weight excluding hydrogens is 326 g/mol. The lowest BCUT2D eigenvalue weighted by Crippen LogP contribution is -2.50. The average molecular weight is 351 g/mol. The number of fused-ring (bicyclic) bond motifs is 1. The zero-order chi connectivity index (χ0) is 17.3. The van der Waals surface area contributed by atoms with Crippen molar-refractivity contribution in [2.24, 2.45) is 0 Å². The van der Waals surface area contributed by atoms with Gasteiger partial charge in [-0.1, -0.05) is 6.07 Å². The maximum absolute atomic E-state index is 12.9. The number of carbonyl (C=O) groups is 1. The van der Waals surface area contributed by atoms with Crippen LogP contribution in [0.4, 0.5) is 0 Å². The summed E-state index contributed by atoms with van der Waals surface area (Å²) in [4.78, 5) is 15.7. The second kappa shape index (κ2) is 6.82. The Bertz CT molecular complexity index is 723. The Morgan fingerprint density at radius 2 is 1.75 bits per heavy atom. The molecule has 1 amide bonds. The summed E-state index contributed by atoms with van der Waals surface area (Å²) in [5.41, 5.74) is 2.45. The first-order valence-corrected chi connectivity index (χ1v) is 9.86. The van der Waals surface area contributed by atoms with Gasteiger partial charge in [-0.05, 0) is 42.5 Å². The highest BCUT2D eigenvalue weighted by molar-refractivity contribution is 7.89. The van der Waals surface area contributed by atoms with Gasteiger partial charge in [0.25, 0.3) is 0 Å². The average Bonchev–Trinajstić information content (AvgIpc) is 3.02. The van der Waals surface area contributed by atoms with Crippen molar-refractivity contribution in [3.8, 4) is 0 Å². The number of hydrogen-bond acceptors (Lipinski definition) is 4. The monoisotopic (exact) mass is 351 g/mol. The minimum atomic E-state index is -3.44. The lowest BCUT2D eigenvalue weighted by atomic mass is 10.1. The molecule has 0 saturated carbocycles. The van der Waals surface area contributed by atoms with Crippen molar-refractivity contribution in [3.63, 3.8) is 0 Å². The van der Waals surface area contributed by atoms with Crippen molar-refractivity contribution in [2.75, 3.05) is 46.8 Å². The molecule has 0 aromatic heterocycles. The van der Waals surface area contributed by atoms with Gasteiger partial charge in [-0.3, -0.25) is 9.69 Å². The van der Waals surface area contributed by atoms with Crippen LogP contribution in [0.2, 0.25) is 0 Å². The van der Waals surface area contributed by atoms with E-state index >= 15 is 0 Å². The number of piperazine rings is 1. The van der Waals surface area contributed by atoms with Gasteiger partial charge in [-0.15, -0.1) is 0 Å². The number of rotatable bonds is 4. The molecule has 1 aliphatic carbocycles. The van der Waals surface area contributed by atoms with Crippen molar-refractivity contribution in [3.05, 3.63) is 29.3 Å². The topological polar surface area (TPSA) is 60.9 Å². The first-order chi connectivity index (χ1) is 11.4. The van der Waals surface area contributed by atoms with E-state index in [2.05, 4.69) is 0 Å². The maximum atomic E-state index is 12.9. The van der Waals surface area contributed by atoms with Gasteiger partial charge in [-0.25, -0.2) is 8.42 Å². The summed E-state index contributed by atoms with van der Waals surface area (Å²) in [5.74, 6) is 0.0462. The van der Waals surface area contributed by atoms with E-state index in [1.807, 2.05) is 17.0 Å². The van der Waals surface area contributed by atoms with Crippen LogP contribution >= 0.6 is 0 Å². The summed E-state index contributed by atoms with van der Waals surface area (Å²) in [7, 11) is 0.0255. The zero-order valence-corrected chi connectivity index (χ0v) is 15.2. The van der Waals surface area contributed by atoms with Crippen LogP contribution in [0.5, 0.6) is 0 Å². The molecule has 1 aliphatic heterocycles. The van der Waals surface area contributed by atoms with Gasteiger partial charge in [0.2, 0.25) is 15.9 Å². The van der Waals surface area contributed by atoms with E-state index in [-0.39, 0.29) is 5.91 Å². The van der Waals surface area contributed by atoms with Gasteiger partial charge in [-0.2, -0.15) is 4.31 Å². The van der Waals surface area contributed by atoms with Crippen LogP contribution in [0.3, 0.4) is 0 Å². The molecule has 0 spiro atoms. The number of likely N-dealkylation sites (N-methyl/N-ethyl adjacent to an activating group) is 1. The highest BCUT2D eigenvalue weighted by atomic mass is 32.2. The molecule has 1 fully saturated rings. The van der Waals surface area contributed by atoms with Gasteiger partial charge in [0.1, 0.15) is 0 Å². The molecule has 1 aromatic rings. The van der Waals surface area contributed by atoms with Gasteiger partial charge >= 0.3 is 0 Å². The third-order valence-corrected chi connectivity index (χ3v) is 6.79. The Morgan fingerprint density at radius 1 is 1.08 bits per heavy atom. The molecular formula is C17H25N3O3S. The van der Waals surface area contributed by atoms with Gasteiger partial charge in [0, 0.05) is 40.3 Å². The number of hydrogen-bond donors (Lipinski definition) is 0. The maximum Gasteiger partial charge on any atom is 0.243 e. The fourth-order valence-corrected chi connectivity index (χ4v) is 4.79. The van der Waals surface area contributed by atoms with Crippen molar-refractivity contribution in [2.45, 2.75) is 24.2 Å². The van der Waals surface area contributed by atoms with E-state index in [0.29, 0.717) is 37.6 Å². The molecule has 1 heterocycles. The molecule has 2 aliphatic rings. The summed E-state index contributed by atoms with van der Waals surface area (Å²) in [6, 6.07) is 5.54. The molecule has 24 heavy (non-hydrogen) atoms. The Hall–Kier alpha value is -1.44. The van der Waals surface area contributed by atoms with Crippen LogP contribution in [-0.4, -0.2) is 75.2 Å². The summed E-state index contributed by atoms with van der Waals surface area (Å²) in [6.07, 6.45) is 3.13. The molecule has 1 saturated heterocycles. The van der Waals surface area contributed by atoms with E-state index in [9.17, 15) is 13.2 Å². The second-order valence-electron chi connectivity index (χ2n) is 6.75. The van der Waals surface area contributed by atoms with Crippen molar-refractivity contribution >= 4 is 15.9 Å². The lowest BCUT2D eigenvalue weighted by Gasteiger charge is -2.34. The number of nitrogens with zero attached hydrogens (tertiary/aromatic N) is 3. The molecule has 6 nitrogen and oxygen atoms in total. The van der Waals surface area contributed by atoms with E-state index < -0.39 is 10.0 Å². The minimum Gasteiger partial charge on any atom is -0.348 e. The Balaban J connectivity index is 1.66. The van der Waals surface area contributed by atoms with Crippen molar-refractivity contribution < 1.29 is 13.2 Å². The van der Waals surface area contributed by atoms with E-state index in [4.69, 9.17) is 0 Å². The first kappa shape index (κ1) is 17.4. The Labute approximate surface area is 144 Å². The molecule has 7 heteroatoms. The number of benzene rings is 1. The summed E-state index contributed by atoms with van der Waals surface area (Å²) in [5, 5.41) is 0. The van der Waals surface area contributed by atoms with Crippen LogP contribution in [0.25, 0.3) is 0 Å². The normalized spacial score (nSPS) is 19.2.